The molecule has 0 aliphatic carbocycles. The maximum Gasteiger partial charge on any atom is 0.234 e. The summed E-state index contributed by atoms with van der Waals surface area (Å²) in [6.45, 7) is 7.49. The highest BCUT2D eigenvalue weighted by molar-refractivity contribution is 5.78. The Morgan fingerprint density at radius 2 is 2.08 bits per heavy atom. The van der Waals surface area contributed by atoms with Gasteiger partial charge in [-0.05, 0) is 19.9 Å². The van der Waals surface area contributed by atoms with Gasteiger partial charge in [-0.2, -0.15) is 0 Å². The predicted molar refractivity (Wildman–Crippen MR) is 55.7 cm³/mol. The Labute approximate surface area is 81.3 Å². The summed E-state index contributed by atoms with van der Waals surface area (Å²) in [5.41, 5.74) is 0. The minimum Gasteiger partial charge on any atom is -0.353 e. The van der Waals surface area contributed by atoms with Crippen molar-refractivity contribution in [3.8, 4) is 0 Å². The molecule has 0 saturated carbocycles. The van der Waals surface area contributed by atoms with E-state index < -0.39 is 0 Å². The van der Waals surface area contributed by atoms with Gasteiger partial charge in [0, 0.05) is 6.04 Å². The molecule has 0 rings (SSSR count). The Morgan fingerprint density at radius 1 is 1.38 bits per heavy atom. The lowest BCUT2D eigenvalue weighted by molar-refractivity contribution is -0.120. The average Bonchev–Trinajstić information content (AvgIpc) is 2.11. The zero-order chi connectivity index (χ0) is 10.1. The molecule has 78 valence electrons. The van der Waals surface area contributed by atoms with Crippen LogP contribution >= 0.6 is 0 Å². The van der Waals surface area contributed by atoms with Crippen LogP contribution in [-0.4, -0.2) is 25.0 Å². The molecule has 0 spiro atoms. The fourth-order valence-corrected chi connectivity index (χ4v) is 1.15. The summed E-state index contributed by atoms with van der Waals surface area (Å²) in [5, 5.41) is 5.95. The Morgan fingerprint density at radius 3 is 2.62 bits per heavy atom. The van der Waals surface area contributed by atoms with Gasteiger partial charge in [-0.25, -0.2) is 0 Å². The molecule has 0 aliphatic rings. The fraction of sp³-hybridized carbons (Fsp3) is 0.900. The number of carbonyl (C=O) groups excluding carboxylic acids is 1. The lowest BCUT2D eigenvalue weighted by Crippen LogP contribution is -2.38. The molecular weight excluding hydrogens is 164 g/mol. The van der Waals surface area contributed by atoms with E-state index in [1.807, 2.05) is 6.92 Å². The maximum atomic E-state index is 11.2. The molecule has 0 bridgehead atoms. The van der Waals surface area contributed by atoms with E-state index in [1.54, 1.807) is 0 Å². The van der Waals surface area contributed by atoms with Crippen LogP contribution in [0.2, 0.25) is 0 Å². The molecule has 3 nitrogen and oxygen atoms in total. The molecule has 0 aliphatic heterocycles. The van der Waals surface area contributed by atoms with Crippen molar-refractivity contribution >= 4 is 5.91 Å². The molecule has 2 N–H and O–H groups in total. The summed E-state index contributed by atoms with van der Waals surface area (Å²) in [4.78, 5) is 11.2. The van der Waals surface area contributed by atoms with Crippen molar-refractivity contribution in [3.63, 3.8) is 0 Å². The molecule has 0 aromatic carbocycles. The highest BCUT2D eigenvalue weighted by Crippen LogP contribution is 1.98. The Hall–Kier alpha value is -0.570. The average molecular weight is 186 g/mol. The van der Waals surface area contributed by atoms with E-state index >= 15 is 0 Å². The first-order valence-electron chi connectivity index (χ1n) is 5.20. The van der Waals surface area contributed by atoms with Gasteiger partial charge in [-0.1, -0.05) is 26.7 Å². The summed E-state index contributed by atoms with van der Waals surface area (Å²) in [6.07, 6.45) is 3.45. The Kier molecular flexibility index (Phi) is 7.69. The molecule has 0 aromatic rings. The van der Waals surface area contributed by atoms with Crippen LogP contribution in [0.25, 0.3) is 0 Å². The highest BCUT2D eigenvalue weighted by Gasteiger charge is 2.04. The molecule has 1 atom stereocenters. The van der Waals surface area contributed by atoms with Crippen LogP contribution in [0.15, 0.2) is 0 Å². The van der Waals surface area contributed by atoms with Gasteiger partial charge in [-0.15, -0.1) is 0 Å². The van der Waals surface area contributed by atoms with Gasteiger partial charge < -0.3 is 10.6 Å². The smallest absolute Gasteiger partial charge is 0.234 e. The van der Waals surface area contributed by atoms with Gasteiger partial charge in [0.15, 0.2) is 0 Å². The van der Waals surface area contributed by atoms with Crippen molar-refractivity contribution < 1.29 is 4.79 Å². The molecule has 13 heavy (non-hydrogen) atoms. The minimum absolute atomic E-state index is 0.102. The summed E-state index contributed by atoms with van der Waals surface area (Å²) < 4.78 is 0. The molecule has 1 amide bonds. The van der Waals surface area contributed by atoms with Crippen molar-refractivity contribution in [1.82, 2.24) is 10.6 Å². The summed E-state index contributed by atoms with van der Waals surface area (Å²) in [6, 6.07) is 0.311. The van der Waals surface area contributed by atoms with Crippen molar-refractivity contribution in [2.75, 3.05) is 13.1 Å². The molecule has 0 fully saturated rings. The SMILES string of the molecule is CCCCC(C)NC(=O)CNCC. The standard InChI is InChI=1S/C10H22N2O/c1-4-6-7-9(3)12-10(13)8-11-5-2/h9,11H,4-8H2,1-3H3,(H,12,13). The number of likely N-dealkylation sites (N-methyl/N-ethyl adjacent to an activating group) is 1. The predicted octanol–water partition coefficient (Wildman–Crippen LogP) is 1.29. The van der Waals surface area contributed by atoms with E-state index in [2.05, 4.69) is 24.5 Å². The normalized spacial score (nSPS) is 12.5. The zero-order valence-corrected chi connectivity index (χ0v) is 9.02. The number of hydrogen-bond donors (Lipinski definition) is 2. The van der Waals surface area contributed by atoms with E-state index in [9.17, 15) is 4.79 Å². The zero-order valence-electron chi connectivity index (χ0n) is 9.02. The van der Waals surface area contributed by atoms with Crippen molar-refractivity contribution in [3.05, 3.63) is 0 Å². The van der Waals surface area contributed by atoms with Gasteiger partial charge in [0.05, 0.1) is 6.54 Å². The van der Waals surface area contributed by atoms with E-state index in [-0.39, 0.29) is 5.91 Å². The third-order valence-corrected chi connectivity index (χ3v) is 1.93. The van der Waals surface area contributed by atoms with E-state index in [1.165, 1.54) is 12.8 Å². The van der Waals surface area contributed by atoms with Crippen LogP contribution in [0.3, 0.4) is 0 Å². The summed E-state index contributed by atoms with van der Waals surface area (Å²) >= 11 is 0. The second-order valence-electron chi connectivity index (χ2n) is 3.39. The second-order valence-corrected chi connectivity index (χ2v) is 3.39. The van der Waals surface area contributed by atoms with Crippen LogP contribution in [0.5, 0.6) is 0 Å². The summed E-state index contributed by atoms with van der Waals surface area (Å²) in [7, 11) is 0. The largest absolute Gasteiger partial charge is 0.353 e. The van der Waals surface area contributed by atoms with Gasteiger partial charge >= 0.3 is 0 Å². The quantitative estimate of drug-likeness (QED) is 0.629. The highest BCUT2D eigenvalue weighted by atomic mass is 16.1. The number of amides is 1. The van der Waals surface area contributed by atoms with Gasteiger partial charge in [-0.3, -0.25) is 4.79 Å². The van der Waals surface area contributed by atoms with Gasteiger partial charge in [0.1, 0.15) is 0 Å². The molecule has 0 radical (unpaired) electrons. The first-order valence-corrected chi connectivity index (χ1v) is 5.20. The number of unbranched alkanes of at least 4 members (excludes halogenated alkanes) is 1. The van der Waals surface area contributed by atoms with Crippen LogP contribution in [0.4, 0.5) is 0 Å². The first-order chi connectivity index (χ1) is 6.20. The Balaban J connectivity index is 3.41. The van der Waals surface area contributed by atoms with Crippen LogP contribution in [0, 0.1) is 0 Å². The molecule has 1 unspecified atom stereocenters. The second kappa shape index (κ2) is 8.05. The lowest BCUT2D eigenvalue weighted by atomic mass is 10.1. The number of carbonyl (C=O) groups is 1. The van der Waals surface area contributed by atoms with E-state index in [4.69, 9.17) is 0 Å². The fourth-order valence-electron chi connectivity index (χ4n) is 1.15. The summed E-state index contributed by atoms with van der Waals surface area (Å²) in [5.74, 6) is 0.102. The third kappa shape index (κ3) is 7.78. The van der Waals surface area contributed by atoms with Crippen molar-refractivity contribution in [1.29, 1.82) is 0 Å². The van der Waals surface area contributed by atoms with Crippen molar-refractivity contribution in [2.24, 2.45) is 0 Å². The van der Waals surface area contributed by atoms with Gasteiger partial charge in [0.25, 0.3) is 0 Å². The van der Waals surface area contributed by atoms with Crippen molar-refractivity contribution in [2.45, 2.75) is 46.1 Å². The maximum absolute atomic E-state index is 11.2. The van der Waals surface area contributed by atoms with Crippen LogP contribution < -0.4 is 10.6 Å². The Bertz CT molecular complexity index is 137. The lowest BCUT2D eigenvalue weighted by Gasteiger charge is -2.13. The molecule has 0 heterocycles. The minimum atomic E-state index is 0.102. The van der Waals surface area contributed by atoms with E-state index in [0.29, 0.717) is 12.6 Å². The van der Waals surface area contributed by atoms with E-state index in [0.717, 1.165) is 13.0 Å². The number of hydrogen-bond acceptors (Lipinski definition) is 2. The van der Waals surface area contributed by atoms with Crippen LogP contribution in [-0.2, 0) is 4.79 Å². The van der Waals surface area contributed by atoms with Gasteiger partial charge in [0.2, 0.25) is 5.91 Å². The molecule has 3 heteroatoms. The van der Waals surface area contributed by atoms with Crippen LogP contribution in [0.1, 0.15) is 40.0 Å². The third-order valence-electron chi connectivity index (χ3n) is 1.93. The molecular formula is C10H22N2O. The number of nitrogens with one attached hydrogen (secondary N) is 2. The first kappa shape index (κ1) is 12.4. The molecule has 0 aromatic heterocycles. The topological polar surface area (TPSA) is 41.1 Å². The molecule has 0 saturated heterocycles. The monoisotopic (exact) mass is 186 g/mol. The number of rotatable bonds is 7.